The predicted molar refractivity (Wildman–Crippen MR) is 115 cm³/mol. The van der Waals surface area contributed by atoms with Gasteiger partial charge >= 0.3 is 0 Å². The summed E-state index contributed by atoms with van der Waals surface area (Å²) < 4.78 is 16.5. The standard InChI is InChI=1S/C24H26N2O4/c1-3-28-20-10-6-19(7-11-20)26-15-22(16-26)29-21-8-4-18(5-9-21)17(2)14-23(27)24-12-13-25-30-24/h4-13,17,22H,3,14-16H2,1-2H3/t17-/m1/s1. The summed E-state index contributed by atoms with van der Waals surface area (Å²) in [6.45, 7) is 6.41. The Morgan fingerprint density at radius 3 is 2.43 bits per heavy atom. The lowest BCUT2D eigenvalue weighted by Crippen LogP contribution is -2.54. The molecule has 4 rings (SSSR count). The van der Waals surface area contributed by atoms with Crippen LogP contribution in [0.4, 0.5) is 5.69 Å². The van der Waals surface area contributed by atoms with E-state index in [0.29, 0.717) is 18.8 Å². The van der Waals surface area contributed by atoms with Gasteiger partial charge in [0.05, 0.1) is 25.9 Å². The van der Waals surface area contributed by atoms with Gasteiger partial charge in [0.1, 0.15) is 17.6 Å². The Hall–Kier alpha value is -3.28. The quantitative estimate of drug-likeness (QED) is 0.479. The van der Waals surface area contributed by atoms with E-state index in [2.05, 4.69) is 22.2 Å². The third-order valence-electron chi connectivity index (χ3n) is 5.32. The number of ketones is 1. The predicted octanol–water partition coefficient (Wildman–Crippen LogP) is 4.72. The molecule has 2 heterocycles. The molecule has 1 aromatic heterocycles. The molecule has 0 unspecified atom stereocenters. The highest BCUT2D eigenvalue weighted by Crippen LogP contribution is 2.28. The van der Waals surface area contributed by atoms with E-state index in [1.807, 2.05) is 50.2 Å². The van der Waals surface area contributed by atoms with Crippen LogP contribution in [0.1, 0.15) is 42.3 Å². The highest BCUT2D eigenvalue weighted by Gasteiger charge is 2.28. The van der Waals surface area contributed by atoms with Crippen molar-refractivity contribution < 1.29 is 18.8 Å². The molecule has 1 fully saturated rings. The Kier molecular flexibility index (Phi) is 6.02. The van der Waals surface area contributed by atoms with E-state index in [0.717, 1.165) is 30.2 Å². The zero-order valence-electron chi connectivity index (χ0n) is 17.3. The summed E-state index contributed by atoms with van der Waals surface area (Å²) in [5.41, 5.74) is 2.28. The van der Waals surface area contributed by atoms with Gasteiger partial charge in [0.15, 0.2) is 0 Å². The molecular weight excluding hydrogens is 380 g/mol. The summed E-state index contributed by atoms with van der Waals surface area (Å²) in [6.07, 6.45) is 2.05. The van der Waals surface area contributed by atoms with Crippen molar-refractivity contribution in [2.24, 2.45) is 0 Å². The van der Waals surface area contributed by atoms with Crippen LogP contribution in [0.3, 0.4) is 0 Å². The van der Waals surface area contributed by atoms with Crippen LogP contribution in [-0.4, -0.2) is 36.7 Å². The van der Waals surface area contributed by atoms with Gasteiger partial charge in [0, 0.05) is 18.2 Å². The molecule has 0 aliphatic carbocycles. The van der Waals surface area contributed by atoms with Gasteiger partial charge in [-0.1, -0.05) is 24.2 Å². The molecule has 2 aromatic carbocycles. The van der Waals surface area contributed by atoms with Crippen molar-refractivity contribution >= 4 is 11.5 Å². The second-order valence-corrected chi connectivity index (χ2v) is 7.55. The number of anilines is 1. The van der Waals surface area contributed by atoms with Crippen LogP contribution in [0.2, 0.25) is 0 Å². The first-order valence-corrected chi connectivity index (χ1v) is 10.3. The van der Waals surface area contributed by atoms with Crippen LogP contribution >= 0.6 is 0 Å². The van der Waals surface area contributed by atoms with Gasteiger partial charge in [-0.25, -0.2) is 0 Å². The minimum atomic E-state index is -0.0378. The van der Waals surface area contributed by atoms with Crippen LogP contribution in [0, 0.1) is 0 Å². The Morgan fingerprint density at radius 2 is 1.80 bits per heavy atom. The van der Waals surface area contributed by atoms with Crippen molar-refractivity contribution in [2.75, 3.05) is 24.6 Å². The highest BCUT2D eigenvalue weighted by atomic mass is 16.5. The zero-order valence-corrected chi connectivity index (χ0v) is 17.3. The van der Waals surface area contributed by atoms with Crippen molar-refractivity contribution in [1.29, 1.82) is 0 Å². The Balaban J connectivity index is 1.26. The number of benzene rings is 2. The zero-order chi connectivity index (χ0) is 20.9. The molecule has 3 aromatic rings. The number of rotatable bonds is 9. The Bertz CT molecular complexity index is 946. The number of Topliss-reactive ketones (excluding diaryl/α,β-unsaturated/α-hetero) is 1. The second-order valence-electron chi connectivity index (χ2n) is 7.55. The van der Waals surface area contributed by atoms with Crippen molar-refractivity contribution in [1.82, 2.24) is 5.16 Å². The molecule has 0 amide bonds. The molecule has 1 atom stereocenters. The first kappa shape index (κ1) is 20.0. The summed E-state index contributed by atoms with van der Waals surface area (Å²) in [5.74, 6) is 2.11. The fourth-order valence-electron chi connectivity index (χ4n) is 3.57. The number of aromatic nitrogens is 1. The molecule has 1 saturated heterocycles. The third-order valence-corrected chi connectivity index (χ3v) is 5.32. The highest BCUT2D eigenvalue weighted by molar-refractivity contribution is 5.93. The summed E-state index contributed by atoms with van der Waals surface area (Å²) in [6, 6.07) is 17.8. The van der Waals surface area contributed by atoms with Crippen LogP contribution in [-0.2, 0) is 0 Å². The molecule has 6 nitrogen and oxygen atoms in total. The molecule has 0 spiro atoms. The van der Waals surface area contributed by atoms with E-state index < -0.39 is 0 Å². The maximum absolute atomic E-state index is 12.2. The van der Waals surface area contributed by atoms with Crippen molar-refractivity contribution in [2.45, 2.75) is 32.3 Å². The second kappa shape index (κ2) is 9.03. The summed E-state index contributed by atoms with van der Waals surface area (Å²) in [7, 11) is 0. The summed E-state index contributed by atoms with van der Waals surface area (Å²) in [5, 5.41) is 3.59. The lowest BCUT2D eigenvalue weighted by molar-refractivity contribution is 0.0939. The molecule has 0 N–H and O–H groups in total. The average molecular weight is 406 g/mol. The molecule has 0 radical (unpaired) electrons. The van der Waals surface area contributed by atoms with E-state index in [1.165, 1.54) is 11.9 Å². The first-order chi connectivity index (χ1) is 14.6. The van der Waals surface area contributed by atoms with Crippen LogP contribution < -0.4 is 14.4 Å². The summed E-state index contributed by atoms with van der Waals surface area (Å²) in [4.78, 5) is 14.5. The van der Waals surface area contributed by atoms with Gasteiger partial charge < -0.3 is 18.9 Å². The van der Waals surface area contributed by atoms with E-state index in [4.69, 9.17) is 14.0 Å². The van der Waals surface area contributed by atoms with Crippen molar-refractivity contribution in [3.8, 4) is 11.5 Å². The molecule has 6 heteroatoms. The van der Waals surface area contributed by atoms with E-state index in [9.17, 15) is 4.79 Å². The molecular formula is C24H26N2O4. The monoisotopic (exact) mass is 406 g/mol. The van der Waals surface area contributed by atoms with Gasteiger partial charge in [-0.05, 0) is 54.8 Å². The van der Waals surface area contributed by atoms with Gasteiger partial charge in [0.25, 0.3) is 0 Å². The first-order valence-electron chi connectivity index (χ1n) is 10.3. The lowest BCUT2D eigenvalue weighted by atomic mass is 9.95. The molecule has 30 heavy (non-hydrogen) atoms. The number of carbonyl (C=O) groups excluding carboxylic acids is 1. The third kappa shape index (κ3) is 4.64. The maximum Gasteiger partial charge on any atom is 0.202 e. The van der Waals surface area contributed by atoms with Crippen LogP contribution in [0.15, 0.2) is 65.3 Å². The maximum atomic E-state index is 12.2. The van der Waals surface area contributed by atoms with E-state index in [-0.39, 0.29) is 17.8 Å². The average Bonchev–Trinajstić information content (AvgIpc) is 3.27. The molecule has 1 aliphatic rings. The van der Waals surface area contributed by atoms with Gasteiger partial charge in [-0.2, -0.15) is 0 Å². The van der Waals surface area contributed by atoms with E-state index >= 15 is 0 Å². The topological polar surface area (TPSA) is 64.8 Å². The van der Waals surface area contributed by atoms with Gasteiger partial charge in [0.2, 0.25) is 11.5 Å². The van der Waals surface area contributed by atoms with Gasteiger partial charge in [-0.15, -0.1) is 0 Å². The Labute approximate surface area is 176 Å². The van der Waals surface area contributed by atoms with Crippen molar-refractivity contribution in [3.63, 3.8) is 0 Å². The summed E-state index contributed by atoms with van der Waals surface area (Å²) >= 11 is 0. The molecule has 156 valence electrons. The normalized spacial score (nSPS) is 14.8. The van der Waals surface area contributed by atoms with Crippen molar-refractivity contribution in [3.05, 3.63) is 72.1 Å². The molecule has 0 bridgehead atoms. The number of nitrogens with zero attached hydrogens (tertiary/aromatic N) is 2. The number of hydrogen-bond acceptors (Lipinski definition) is 6. The molecule has 1 aliphatic heterocycles. The smallest absolute Gasteiger partial charge is 0.202 e. The number of ether oxygens (including phenoxy) is 2. The number of hydrogen-bond donors (Lipinski definition) is 0. The van der Waals surface area contributed by atoms with E-state index in [1.54, 1.807) is 6.07 Å². The minimum Gasteiger partial charge on any atom is -0.494 e. The SMILES string of the molecule is CCOc1ccc(N2CC(Oc3ccc([C@H](C)CC(=O)c4ccno4)cc3)C2)cc1. The minimum absolute atomic E-state index is 0.0378. The number of carbonyl (C=O) groups is 1. The lowest BCUT2D eigenvalue weighted by Gasteiger charge is -2.40. The fourth-order valence-corrected chi connectivity index (χ4v) is 3.57. The Morgan fingerprint density at radius 1 is 1.10 bits per heavy atom. The molecule has 0 saturated carbocycles. The van der Waals surface area contributed by atoms with Crippen LogP contribution in [0.5, 0.6) is 11.5 Å². The van der Waals surface area contributed by atoms with Gasteiger partial charge in [-0.3, -0.25) is 4.79 Å². The van der Waals surface area contributed by atoms with Crippen LogP contribution in [0.25, 0.3) is 0 Å². The largest absolute Gasteiger partial charge is 0.494 e. The fraction of sp³-hybridized carbons (Fsp3) is 0.333.